The minimum Gasteiger partial charge on any atom is -0.394 e. The van der Waals surface area contributed by atoms with Crippen molar-refractivity contribution < 1.29 is 9.32 Å². The number of anilines is 2. The summed E-state index contributed by atoms with van der Waals surface area (Å²) in [5.41, 5.74) is 3.68. The molecule has 1 aromatic carbocycles. The Hall–Kier alpha value is -1.70. The van der Waals surface area contributed by atoms with E-state index in [2.05, 4.69) is 22.3 Å². The van der Waals surface area contributed by atoms with Gasteiger partial charge in [-0.3, -0.25) is 4.21 Å². The van der Waals surface area contributed by atoms with Gasteiger partial charge in [-0.05, 0) is 61.8 Å². The average molecular weight is 457 g/mol. The standard InChI is InChI=1S/C23H25ClN4O2S/c24-15-3-2-13-8-22(9-14(13)6-15)10-28(11-22)21-25-18-16-7-17(16)31(30)19(18)20(26-21)27-23(12-29)4-1-5-23/h2-3,6,16-17,29H,1,4-5,7-12H2,(H,25,26,27)/t16?,17?,31-/m0/s1. The first kappa shape index (κ1) is 18.8. The highest BCUT2D eigenvalue weighted by Gasteiger charge is 2.55. The molecule has 2 unspecified atom stereocenters. The molecule has 7 rings (SSSR count). The largest absolute Gasteiger partial charge is 0.394 e. The maximum absolute atomic E-state index is 13.0. The summed E-state index contributed by atoms with van der Waals surface area (Å²) in [5.74, 6) is 1.76. The topological polar surface area (TPSA) is 78.3 Å². The molecule has 8 heteroatoms. The monoisotopic (exact) mass is 456 g/mol. The Bertz CT molecular complexity index is 1140. The molecule has 2 saturated carbocycles. The highest BCUT2D eigenvalue weighted by molar-refractivity contribution is 7.86. The van der Waals surface area contributed by atoms with Gasteiger partial charge in [0.05, 0.1) is 28.6 Å². The summed E-state index contributed by atoms with van der Waals surface area (Å²) >= 11 is 6.20. The first-order valence-electron chi connectivity index (χ1n) is 11.2. The van der Waals surface area contributed by atoms with Gasteiger partial charge in [-0.15, -0.1) is 0 Å². The van der Waals surface area contributed by atoms with Gasteiger partial charge in [-0.25, -0.2) is 4.98 Å². The van der Waals surface area contributed by atoms with E-state index in [0.29, 0.717) is 11.7 Å². The maximum Gasteiger partial charge on any atom is 0.227 e. The van der Waals surface area contributed by atoms with E-state index in [-0.39, 0.29) is 22.8 Å². The van der Waals surface area contributed by atoms with Gasteiger partial charge in [0, 0.05) is 34.7 Å². The van der Waals surface area contributed by atoms with E-state index in [1.807, 2.05) is 6.07 Å². The molecule has 3 heterocycles. The van der Waals surface area contributed by atoms with E-state index in [1.165, 1.54) is 11.1 Å². The molecule has 5 aliphatic rings. The minimum absolute atomic E-state index is 0.0776. The number of halogens is 1. The normalized spacial score (nSPS) is 30.3. The van der Waals surface area contributed by atoms with Crippen LogP contribution < -0.4 is 10.2 Å². The quantitative estimate of drug-likeness (QED) is 0.736. The zero-order valence-corrected chi connectivity index (χ0v) is 18.8. The lowest BCUT2D eigenvalue weighted by atomic mass is 9.77. The summed E-state index contributed by atoms with van der Waals surface area (Å²) in [5, 5.41) is 14.5. The fourth-order valence-corrected chi connectivity index (χ4v) is 8.08. The van der Waals surface area contributed by atoms with Gasteiger partial charge in [-0.2, -0.15) is 4.98 Å². The van der Waals surface area contributed by atoms with Crippen molar-refractivity contribution in [3.05, 3.63) is 40.0 Å². The first-order valence-corrected chi connectivity index (χ1v) is 12.8. The Morgan fingerprint density at radius 2 is 2.03 bits per heavy atom. The van der Waals surface area contributed by atoms with Gasteiger partial charge in [-0.1, -0.05) is 17.7 Å². The third-order valence-corrected chi connectivity index (χ3v) is 10.2. The van der Waals surface area contributed by atoms with E-state index < -0.39 is 10.8 Å². The maximum atomic E-state index is 13.0. The van der Waals surface area contributed by atoms with Crippen LogP contribution in [0.3, 0.4) is 0 Å². The Kier molecular flexibility index (Phi) is 3.77. The zero-order chi connectivity index (χ0) is 21.0. The number of rotatable bonds is 4. The van der Waals surface area contributed by atoms with Crippen molar-refractivity contribution in [3.63, 3.8) is 0 Å². The van der Waals surface area contributed by atoms with Crippen LogP contribution in [0, 0.1) is 5.41 Å². The van der Waals surface area contributed by atoms with Crippen molar-refractivity contribution in [2.75, 3.05) is 29.9 Å². The summed E-state index contributed by atoms with van der Waals surface area (Å²) in [6.07, 6.45) is 6.05. The number of nitrogens with one attached hydrogen (secondary N) is 1. The van der Waals surface area contributed by atoms with Crippen LogP contribution in [-0.2, 0) is 23.6 Å². The molecule has 3 aliphatic carbocycles. The lowest BCUT2D eigenvalue weighted by molar-refractivity contribution is 0.143. The SMILES string of the molecule is O=[S@@]1c2c(NC3(CO)CCC3)nc(N3CC4(Cc5ccc(Cl)cc5C4)C3)nc2C2CC21. The van der Waals surface area contributed by atoms with Gasteiger partial charge in [0.15, 0.2) is 0 Å². The number of nitrogens with zero attached hydrogens (tertiary/aromatic N) is 3. The predicted molar refractivity (Wildman–Crippen MR) is 120 cm³/mol. The summed E-state index contributed by atoms with van der Waals surface area (Å²) < 4.78 is 13.0. The summed E-state index contributed by atoms with van der Waals surface area (Å²) in [6.45, 7) is 1.94. The first-order chi connectivity index (χ1) is 15.0. The van der Waals surface area contributed by atoms with Crippen molar-refractivity contribution in [2.24, 2.45) is 5.41 Å². The molecule has 162 valence electrons. The third-order valence-electron chi connectivity index (χ3n) is 8.07. The molecule has 3 fully saturated rings. The second-order valence-electron chi connectivity index (χ2n) is 10.3. The minimum atomic E-state index is -1.04. The molecule has 1 spiro atoms. The molecule has 3 atom stereocenters. The lowest BCUT2D eigenvalue weighted by Gasteiger charge is -2.48. The summed E-state index contributed by atoms with van der Waals surface area (Å²) in [7, 11) is -1.04. The van der Waals surface area contributed by atoms with E-state index in [0.717, 1.165) is 73.2 Å². The molecule has 1 saturated heterocycles. The second kappa shape index (κ2) is 6.21. The molecule has 2 aliphatic heterocycles. The summed E-state index contributed by atoms with van der Waals surface area (Å²) in [4.78, 5) is 12.9. The lowest BCUT2D eigenvalue weighted by Crippen LogP contribution is -2.58. The van der Waals surface area contributed by atoms with Crippen molar-refractivity contribution >= 4 is 34.2 Å². The molecular formula is C23H25ClN4O2S. The van der Waals surface area contributed by atoms with Crippen molar-refractivity contribution in [1.82, 2.24) is 9.97 Å². The molecular weight excluding hydrogens is 432 g/mol. The number of fused-ring (bicyclic) bond motifs is 4. The number of hydrogen-bond acceptors (Lipinski definition) is 6. The van der Waals surface area contributed by atoms with Crippen molar-refractivity contribution in [3.8, 4) is 0 Å². The van der Waals surface area contributed by atoms with Crippen LogP contribution in [0.15, 0.2) is 23.1 Å². The number of hydrogen-bond donors (Lipinski definition) is 2. The number of aliphatic hydroxyl groups is 1. The van der Waals surface area contributed by atoms with Crippen LogP contribution in [0.1, 0.15) is 48.4 Å². The zero-order valence-electron chi connectivity index (χ0n) is 17.2. The summed E-state index contributed by atoms with van der Waals surface area (Å²) in [6, 6.07) is 6.26. The fraction of sp³-hybridized carbons (Fsp3) is 0.565. The smallest absolute Gasteiger partial charge is 0.227 e. The molecule has 0 radical (unpaired) electrons. The Balaban J connectivity index is 1.19. The third kappa shape index (κ3) is 2.69. The molecule has 31 heavy (non-hydrogen) atoms. The highest BCUT2D eigenvalue weighted by Crippen LogP contribution is 2.56. The van der Waals surface area contributed by atoms with Gasteiger partial charge in [0.1, 0.15) is 10.7 Å². The van der Waals surface area contributed by atoms with E-state index in [1.54, 1.807) is 0 Å². The second-order valence-corrected chi connectivity index (χ2v) is 12.3. The molecule has 0 amide bonds. The van der Waals surface area contributed by atoms with Gasteiger partial charge in [0.25, 0.3) is 0 Å². The van der Waals surface area contributed by atoms with Gasteiger partial charge >= 0.3 is 0 Å². The molecule has 2 aromatic rings. The Morgan fingerprint density at radius 3 is 2.77 bits per heavy atom. The van der Waals surface area contributed by atoms with Crippen LogP contribution in [0.2, 0.25) is 5.02 Å². The highest BCUT2D eigenvalue weighted by atomic mass is 35.5. The Labute approximate surface area is 188 Å². The van der Waals surface area contributed by atoms with E-state index in [4.69, 9.17) is 21.6 Å². The number of aliphatic hydroxyl groups excluding tert-OH is 1. The van der Waals surface area contributed by atoms with Crippen LogP contribution in [0.5, 0.6) is 0 Å². The van der Waals surface area contributed by atoms with Crippen LogP contribution in [-0.4, -0.2) is 49.8 Å². The molecule has 2 N–H and O–H groups in total. The Morgan fingerprint density at radius 1 is 1.23 bits per heavy atom. The van der Waals surface area contributed by atoms with Crippen molar-refractivity contribution in [1.29, 1.82) is 0 Å². The number of benzene rings is 1. The van der Waals surface area contributed by atoms with Gasteiger partial charge < -0.3 is 15.3 Å². The van der Waals surface area contributed by atoms with E-state index >= 15 is 0 Å². The van der Waals surface area contributed by atoms with Crippen LogP contribution in [0.25, 0.3) is 0 Å². The fourth-order valence-electron chi connectivity index (χ4n) is 6.09. The molecule has 0 bridgehead atoms. The van der Waals surface area contributed by atoms with Crippen molar-refractivity contribution in [2.45, 2.75) is 60.1 Å². The predicted octanol–water partition coefficient (Wildman–Crippen LogP) is 3.04. The van der Waals surface area contributed by atoms with Crippen LogP contribution >= 0.6 is 11.6 Å². The number of aromatic nitrogens is 2. The van der Waals surface area contributed by atoms with E-state index in [9.17, 15) is 9.32 Å². The average Bonchev–Trinajstić information content (AvgIpc) is 3.33. The van der Waals surface area contributed by atoms with Gasteiger partial charge in [0.2, 0.25) is 5.95 Å². The van der Waals surface area contributed by atoms with Crippen LogP contribution in [0.4, 0.5) is 11.8 Å². The molecule has 6 nitrogen and oxygen atoms in total. The molecule has 1 aromatic heterocycles.